The predicted octanol–water partition coefficient (Wildman–Crippen LogP) is 2.91. The van der Waals surface area contributed by atoms with Crippen LogP contribution >= 0.6 is 11.8 Å². The van der Waals surface area contributed by atoms with Crippen LogP contribution in [0.3, 0.4) is 0 Å². The second-order valence-corrected chi connectivity index (χ2v) is 5.13. The monoisotopic (exact) mass is 212 g/mol. The number of thioether (sulfide) groups is 1. The highest BCUT2D eigenvalue weighted by molar-refractivity contribution is 8.00. The average molecular weight is 212 g/mol. The molecule has 0 unspecified atom stereocenters. The summed E-state index contributed by atoms with van der Waals surface area (Å²) in [6.45, 7) is 6.18. The van der Waals surface area contributed by atoms with Crippen molar-refractivity contribution in [1.82, 2.24) is 0 Å². The van der Waals surface area contributed by atoms with Gasteiger partial charge in [-0.15, -0.1) is 0 Å². The molecule has 78 valence electrons. The van der Waals surface area contributed by atoms with Gasteiger partial charge in [0.25, 0.3) is 0 Å². The topological polar surface area (TPSA) is 29.5 Å². The minimum Gasteiger partial charge on any atom is -0.494 e. The van der Waals surface area contributed by atoms with Gasteiger partial charge in [0.05, 0.1) is 6.61 Å². The van der Waals surface area contributed by atoms with Crippen molar-refractivity contribution in [3.63, 3.8) is 0 Å². The lowest BCUT2D eigenvalue weighted by Crippen LogP contribution is -2.11. The van der Waals surface area contributed by atoms with Crippen LogP contribution in [0, 0.1) is 0 Å². The van der Waals surface area contributed by atoms with Crippen LogP contribution in [0.2, 0.25) is 0 Å². The van der Waals surface area contributed by atoms with Crippen molar-refractivity contribution < 1.29 is 9.84 Å². The van der Waals surface area contributed by atoms with Crippen molar-refractivity contribution >= 4 is 11.8 Å². The van der Waals surface area contributed by atoms with Crippen LogP contribution in [0.4, 0.5) is 0 Å². The standard InChI is InChI=1S/C11H16O2S/c1-4-13-9-5-7-10(8-6-9)14-11(2,3)12/h5-8,12H,4H2,1-3H3. The Bertz CT molecular complexity index is 274. The zero-order valence-electron chi connectivity index (χ0n) is 8.78. The summed E-state index contributed by atoms with van der Waals surface area (Å²) in [5.41, 5.74) is 0. The van der Waals surface area contributed by atoms with Crippen molar-refractivity contribution in [3.05, 3.63) is 24.3 Å². The number of ether oxygens (including phenoxy) is 1. The first-order chi connectivity index (χ1) is 6.51. The summed E-state index contributed by atoms with van der Waals surface area (Å²) in [4.78, 5) is 0.314. The first-order valence-corrected chi connectivity index (χ1v) is 5.47. The summed E-state index contributed by atoms with van der Waals surface area (Å²) in [5.74, 6) is 0.868. The number of aliphatic hydroxyl groups is 1. The molecule has 0 amide bonds. The lowest BCUT2D eigenvalue weighted by molar-refractivity contribution is 0.179. The molecule has 0 spiro atoms. The minimum atomic E-state index is -0.729. The van der Waals surface area contributed by atoms with Gasteiger partial charge in [0, 0.05) is 4.90 Å². The molecule has 0 saturated heterocycles. The van der Waals surface area contributed by atoms with Crippen molar-refractivity contribution in [1.29, 1.82) is 0 Å². The van der Waals surface area contributed by atoms with E-state index in [4.69, 9.17) is 4.74 Å². The third kappa shape index (κ3) is 4.03. The molecule has 1 N–H and O–H groups in total. The third-order valence-corrected chi connectivity index (χ3v) is 2.51. The third-order valence-electron chi connectivity index (χ3n) is 1.50. The molecule has 1 aromatic rings. The highest BCUT2D eigenvalue weighted by Gasteiger charge is 2.13. The summed E-state index contributed by atoms with van der Waals surface area (Å²) >= 11 is 1.43. The maximum Gasteiger partial charge on any atom is 0.119 e. The Kier molecular flexibility index (Phi) is 3.84. The molecule has 3 heteroatoms. The van der Waals surface area contributed by atoms with E-state index in [1.807, 2.05) is 31.2 Å². The van der Waals surface area contributed by atoms with Crippen LogP contribution in [0.25, 0.3) is 0 Å². The summed E-state index contributed by atoms with van der Waals surface area (Å²) < 4.78 is 5.32. The Morgan fingerprint density at radius 1 is 1.29 bits per heavy atom. The summed E-state index contributed by atoms with van der Waals surface area (Å²) in [6, 6.07) is 7.73. The molecule has 1 rings (SSSR count). The van der Waals surface area contributed by atoms with Crippen molar-refractivity contribution in [2.24, 2.45) is 0 Å². The normalized spacial score (nSPS) is 11.4. The van der Waals surface area contributed by atoms with Gasteiger partial charge in [0.15, 0.2) is 0 Å². The van der Waals surface area contributed by atoms with E-state index in [2.05, 4.69) is 0 Å². The second-order valence-electron chi connectivity index (χ2n) is 3.45. The maximum absolute atomic E-state index is 9.58. The van der Waals surface area contributed by atoms with Crippen LogP contribution < -0.4 is 4.74 Å². The van der Waals surface area contributed by atoms with Gasteiger partial charge >= 0.3 is 0 Å². The molecule has 1 aromatic carbocycles. The lowest BCUT2D eigenvalue weighted by atomic mass is 10.3. The van der Waals surface area contributed by atoms with Gasteiger partial charge in [-0.1, -0.05) is 11.8 Å². The van der Waals surface area contributed by atoms with E-state index in [1.54, 1.807) is 13.8 Å². The molecule has 0 aliphatic heterocycles. The average Bonchev–Trinajstić information content (AvgIpc) is 2.06. The van der Waals surface area contributed by atoms with E-state index in [0.717, 1.165) is 10.6 Å². The Morgan fingerprint density at radius 2 is 1.86 bits per heavy atom. The summed E-state index contributed by atoms with van der Waals surface area (Å²) in [5, 5.41) is 9.58. The smallest absolute Gasteiger partial charge is 0.119 e. The van der Waals surface area contributed by atoms with E-state index < -0.39 is 4.93 Å². The van der Waals surface area contributed by atoms with Crippen LogP contribution in [0.5, 0.6) is 5.75 Å². The van der Waals surface area contributed by atoms with Crippen molar-refractivity contribution in [2.75, 3.05) is 6.61 Å². The Labute approximate surface area is 89.3 Å². The SMILES string of the molecule is CCOc1ccc(SC(C)(C)O)cc1. The highest BCUT2D eigenvalue weighted by Crippen LogP contribution is 2.30. The Balaban J connectivity index is 2.64. The Morgan fingerprint density at radius 3 is 2.29 bits per heavy atom. The largest absolute Gasteiger partial charge is 0.494 e. The Hall–Kier alpha value is -0.670. The summed E-state index contributed by atoms with van der Waals surface area (Å²) in [7, 11) is 0. The molecule has 0 radical (unpaired) electrons. The molecule has 0 fully saturated rings. The quantitative estimate of drug-likeness (QED) is 0.614. The number of benzene rings is 1. The fraction of sp³-hybridized carbons (Fsp3) is 0.455. The molecule has 2 nitrogen and oxygen atoms in total. The molecule has 0 saturated carbocycles. The molecule has 0 bridgehead atoms. The van der Waals surface area contributed by atoms with Crippen molar-refractivity contribution in [2.45, 2.75) is 30.6 Å². The molecule has 0 aromatic heterocycles. The predicted molar refractivity (Wildman–Crippen MR) is 59.8 cm³/mol. The van der Waals surface area contributed by atoms with Gasteiger partial charge in [-0.25, -0.2) is 0 Å². The van der Waals surface area contributed by atoms with Gasteiger partial charge in [0.1, 0.15) is 10.7 Å². The van der Waals surface area contributed by atoms with E-state index in [1.165, 1.54) is 11.8 Å². The lowest BCUT2D eigenvalue weighted by Gasteiger charge is -2.16. The van der Waals surface area contributed by atoms with Gasteiger partial charge in [-0.3, -0.25) is 0 Å². The molecule has 0 aliphatic carbocycles. The number of rotatable bonds is 4. The van der Waals surface area contributed by atoms with Crippen LogP contribution in [0.1, 0.15) is 20.8 Å². The van der Waals surface area contributed by atoms with Gasteiger partial charge in [0.2, 0.25) is 0 Å². The fourth-order valence-corrected chi connectivity index (χ4v) is 1.91. The number of hydrogen-bond donors (Lipinski definition) is 1. The number of hydrogen-bond acceptors (Lipinski definition) is 3. The maximum atomic E-state index is 9.58. The zero-order valence-corrected chi connectivity index (χ0v) is 9.60. The fourth-order valence-electron chi connectivity index (χ4n) is 1.06. The van der Waals surface area contributed by atoms with Gasteiger partial charge < -0.3 is 9.84 Å². The summed E-state index contributed by atoms with van der Waals surface area (Å²) in [6.07, 6.45) is 0. The van der Waals surface area contributed by atoms with E-state index in [9.17, 15) is 5.11 Å². The van der Waals surface area contributed by atoms with Crippen LogP contribution in [-0.4, -0.2) is 16.6 Å². The zero-order chi connectivity index (χ0) is 10.6. The van der Waals surface area contributed by atoms with Crippen molar-refractivity contribution in [3.8, 4) is 5.75 Å². The van der Waals surface area contributed by atoms with E-state index in [-0.39, 0.29) is 0 Å². The molecule has 0 atom stereocenters. The highest BCUT2D eigenvalue weighted by atomic mass is 32.2. The van der Waals surface area contributed by atoms with Gasteiger partial charge in [-0.2, -0.15) is 0 Å². The molecule has 14 heavy (non-hydrogen) atoms. The van der Waals surface area contributed by atoms with Gasteiger partial charge in [-0.05, 0) is 45.0 Å². The van der Waals surface area contributed by atoms with E-state index >= 15 is 0 Å². The van der Waals surface area contributed by atoms with Crippen LogP contribution in [-0.2, 0) is 0 Å². The van der Waals surface area contributed by atoms with Crippen LogP contribution in [0.15, 0.2) is 29.2 Å². The minimum absolute atomic E-state index is 0.679. The molecular formula is C11H16O2S. The second kappa shape index (κ2) is 4.71. The molecule has 0 heterocycles. The van der Waals surface area contributed by atoms with E-state index in [0.29, 0.717) is 6.61 Å². The molecule has 0 aliphatic rings. The first kappa shape index (κ1) is 11.4. The first-order valence-electron chi connectivity index (χ1n) is 4.65. The molecular weight excluding hydrogens is 196 g/mol.